The van der Waals surface area contributed by atoms with Crippen LogP contribution in [0.25, 0.3) is 11.0 Å². The zero-order valence-corrected chi connectivity index (χ0v) is 11.6. The molecule has 0 unspecified atom stereocenters. The van der Waals surface area contributed by atoms with Crippen LogP contribution in [-0.2, 0) is 0 Å². The molecule has 0 aliphatic rings. The van der Waals surface area contributed by atoms with Gasteiger partial charge in [-0.3, -0.25) is 10.1 Å². The second-order valence-electron chi connectivity index (χ2n) is 4.00. The second-order valence-corrected chi connectivity index (χ2v) is 5.44. The molecule has 0 aliphatic carbocycles. The van der Waals surface area contributed by atoms with Gasteiger partial charge in [0.25, 0.3) is 0 Å². The number of fused-ring (bicyclic) bond motifs is 1. The Balaban J connectivity index is 2.02. The highest BCUT2D eigenvalue weighted by Crippen LogP contribution is 2.38. The molecular weight excluding hydrogens is 298 g/mol. The topological polar surface area (TPSA) is 71.8 Å². The van der Waals surface area contributed by atoms with Gasteiger partial charge in [-0.15, -0.1) is 0 Å². The smallest absolute Gasteiger partial charge is 0.301 e. The summed E-state index contributed by atoms with van der Waals surface area (Å²) in [5.74, 6) is 0. The van der Waals surface area contributed by atoms with Gasteiger partial charge in [0.2, 0.25) is 0 Å². The summed E-state index contributed by atoms with van der Waals surface area (Å²) in [7, 11) is 0. The molecular formula is C13H8ClN3O2S. The fraction of sp³-hybridized carbons (Fsp3) is 0. The number of halogens is 1. The zero-order valence-electron chi connectivity index (χ0n) is 10.0. The number of nitrogens with zero attached hydrogens (tertiary/aromatic N) is 2. The van der Waals surface area contributed by atoms with Crippen LogP contribution in [0.3, 0.4) is 0 Å². The summed E-state index contributed by atoms with van der Waals surface area (Å²) in [5, 5.41) is 11.8. The highest BCUT2D eigenvalue weighted by Gasteiger charge is 2.20. The van der Waals surface area contributed by atoms with Crippen molar-refractivity contribution in [1.29, 1.82) is 0 Å². The molecule has 0 saturated heterocycles. The van der Waals surface area contributed by atoms with Crippen LogP contribution in [0.1, 0.15) is 0 Å². The number of rotatable bonds is 3. The molecule has 0 atom stereocenters. The summed E-state index contributed by atoms with van der Waals surface area (Å²) in [6.45, 7) is 0. The molecule has 0 radical (unpaired) electrons. The summed E-state index contributed by atoms with van der Waals surface area (Å²) in [4.78, 5) is 18.6. The lowest BCUT2D eigenvalue weighted by Gasteiger charge is -2.01. The maximum Gasteiger partial charge on any atom is 0.301 e. The molecule has 3 rings (SSSR count). The number of H-pyrrole nitrogens is 1. The molecule has 0 bridgehead atoms. The third-order valence-electron chi connectivity index (χ3n) is 2.71. The molecule has 7 heteroatoms. The quantitative estimate of drug-likeness (QED) is 0.579. The SMILES string of the molecule is O=[N+]([O-])c1c(Cl)cccc1Sc1nc2ccccc2[nH]1. The number of aromatic nitrogens is 2. The highest BCUT2D eigenvalue weighted by molar-refractivity contribution is 7.99. The molecule has 1 N–H and O–H groups in total. The molecule has 0 aliphatic heterocycles. The molecule has 3 aromatic rings. The van der Waals surface area contributed by atoms with Gasteiger partial charge in [-0.05, 0) is 36.0 Å². The van der Waals surface area contributed by atoms with Gasteiger partial charge in [-0.25, -0.2) is 4.98 Å². The number of nitro groups is 1. The van der Waals surface area contributed by atoms with Gasteiger partial charge in [-0.1, -0.05) is 29.8 Å². The van der Waals surface area contributed by atoms with Gasteiger partial charge in [0.1, 0.15) is 5.02 Å². The van der Waals surface area contributed by atoms with Crippen molar-refractivity contribution in [2.45, 2.75) is 10.1 Å². The van der Waals surface area contributed by atoms with Crippen LogP contribution in [0.5, 0.6) is 0 Å². The fourth-order valence-corrected chi connectivity index (χ4v) is 3.08. The standard InChI is InChI=1S/C13H8ClN3O2S/c14-8-4-3-7-11(12(8)17(18)19)20-13-15-9-5-1-2-6-10(9)16-13/h1-7H,(H,15,16). The Morgan fingerprint density at radius 2 is 2.00 bits per heavy atom. The van der Waals surface area contributed by atoms with Crippen molar-refractivity contribution in [2.75, 3.05) is 0 Å². The first-order chi connectivity index (χ1) is 9.65. The monoisotopic (exact) mass is 305 g/mol. The molecule has 0 saturated carbocycles. The van der Waals surface area contributed by atoms with Crippen molar-refractivity contribution >= 4 is 40.1 Å². The first kappa shape index (κ1) is 13.0. The van der Waals surface area contributed by atoms with Crippen LogP contribution in [0, 0.1) is 10.1 Å². The average molecular weight is 306 g/mol. The molecule has 1 heterocycles. The lowest BCUT2D eigenvalue weighted by atomic mass is 10.3. The van der Waals surface area contributed by atoms with Gasteiger partial charge in [-0.2, -0.15) is 0 Å². The minimum atomic E-state index is -0.479. The van der Waals surface area contributed by atoms with Crippen LogP contribution in [-0.4, -0.2) is 14.9 Å². The molecule has 2 aromatic carbocycles. The maximum absolute atomic E-state index is 11.1. The van der Waals surface area contributed by atoms with E-state index < -0.39 is 4.92 Å². The summed E-state index contributed by atoms with van der Waals surface area (Å²) in [5.41, 5.74) is 1.61. The first-order valence-electron chi connectivity index (χ1n) is 5.70. The van der Waals surface area contributed by atoms with Crippen LogP contribution >= 0.6 is 23.4 Å². The Morgan fingerprint density at radius 1 is 1.20 bits per heavy atom. The predicted octanol–water partition coefficient (Wildman–Crippen LogP) is 4.28. The Bertz CT molecular complexity index is 770. The normalized spacial score (nSPS) is 10.8. The van der Waals surface area contributed by atoms with E-state index in [0.717, 1.165) is 11.0 Å². The Labute approximate surface area is 123 Å². The molecule has 5 nitrogen and oxygen atoms in total. The number of para-hydroxylation sites is 3. The third-order valence-corrected chi connectivity index (χ3v) is 3.95. The average Bonchev–Trinajstić information content (AvgIpc) is 2.80. The summed E-state index contributed by atoms with van der Waals surface area (Å²) >= 11 is 7.07. The zero-order chi connectivity index (χ0) is 14.1. The fourth-order valence-electron chi connectivity index (χ4n) is 1.84. The van der Waals surface area contributed by atoms with E-state index in [1.165, 1.54) is 17.8 Å². The van der Waals surface area contributed by atoms with Crippen molar-refractivity contribution in [1.82, 2.24) is 9.97 Å². The van der Waals surface area contributed by atoms with E-state index in [2.05, 4.69) is 9.97 Å². The van der Waals surface area contributed by atoms with Crippen molar-refractivity contribution in [2.24, 2.45) is 0 Å². The lowest BCUT2D eigenvalue weighted by Crippen LogP contribution is -1.92. The van der Waals surface area contributed by atoms with Crippen molar-refractivity contribution < 1.29 is 4.92 Å². The number of hydrogen-bond donors (Lipinski definition) is 1. The number of hydrogen-bond acceptors (Lipinski definition) is 4. The molecule has 100 valence electrons. The van der Waals surface area contributed by atoms with Crippen molar-refractivity contribution in [3.63, 3.8) is 0 Å². The summed E-state index contributed by atoms with van der Waals surface area (Å²) < 4.78 is 0. The van der Waals surface area contributed by atoms with E-state index in [9.17, 15) is 10.1 Å². The van der Waals surface area contributed by atoms with Gasteiger partial charge < -0.3 is 4.98 Å². The third kappa shape index (κ3) is 2.35. The van der Waals surface area contributed by atoms with Crippen molar-refractivity contribution in [3.8, 4) is 0 Å². The first-order valence-corrected chi connectivity index (χ1v) is 6.90. The molecule has 0 spiro atoms. The summed E-state index contributed by atoms with van der Waals surface area (Å²) in [6.07, 6.45) is 0. The van der Waals surface area contributed by atoms with Crippen LogP contribution in [0.4, 0.5) is 5.69 Å². The number of benzene rings is 2. The minimum absolute atomic E-state index is 0.0976. The van der Waals surface area contributed by atoms with Crippen LogP contribution in [0.15, 0.2) is 52.5 Å². The van der Waals surface area contributed by atoms with E-state index >= 15 is 0 Å². The van der Waals surface area contributed by atoms with E-state index in [-0.39, 0.29) is 10.7 Å². The lowest BCUT2D eigenvalue weighted by molar-refractivity contribution is -0.387. The number of imidazole rings is 1. The van der Waals surface area contributed by atoms with E-state index in [1.807, 2.05) is 24.3 Å². The second kappa shape index (κ2) is 5.15. The number of nitro benzene ring substituents is 1. The Kier molecular flexibility index (Phi) is 3.33. The Hall–Kier alpha value is -2.05. The van der Waals surface area contributed by atoms with Gasteiger partial charge in [0.15, 0.2) is 5.16 Å². The summed E-state index contributed by atoms with van der Waals surface area (Å²) in [6, 6.07) is 12.4. The van der Waals surface area contributed by atoms with Gasteiger partial charge in [0.05, 0.1) is 20.9 Å². The van der Waals surface area contributed by atoms with Crippen LogP contribution < -0.4 is 0 Å². The van der Waals surface area contributed by atoms with Gasteiger partial charge in [0, 0.05) is 0 Å². The molecule has 1 aromatic heterocycles. The van der Waals surface area contributed by atoms with Crippen molar-refractivity contribution in [3.05, 3.63) is 57.6 Å². The Morgan fingerprint density at radius 3 is 2.75 bits per heavy atom. The van der Waals surface area contributed by atoms with E-state index in [0.29, 0.717) is 10.1 Å². The maximum atomic E-state index is 11.1. The predicted molar refractivity (Wildman–Crippen MR) is 78.3 cm³/mol. The molecule has 20 heavy (non-hydrogen) atoms. The van der Waals surface area contributed by atoms with Crippen LogP contribution in [0.2, 0.25) is 5.02 Å². The molecule has 0 fully saturated rings. The largest absolute Gasteiger partial charge is 0.333 e. The number of aromatic amines is 1. The van der Waals surface area contributed by atoms with Gasteiger partial charge >= 0.3 is 5.69 Å². The van der Waals surface area contributed by atoms with E-state index in [1.54, 1.807) is 12.1 Å². The molecule has 0 amide bonds. The minimum Gasteiger partial charge on any atom is -0.333 e. The highest BCUT2D eigenvalue weighted by atomic mass is 35.5. The number of nitrogens with one attached hydrogen (secondary N) is 1. The van der Waals surface area contributed by atoms with E-state index in [4.69, 9.17) is 11.6 Å².